The van der Waals surface area contributed by atoms with Crippen LogP contribution in [0.5, 0.6) is 11.5 Å². The predicted molar refractivity (Wildman–Crippen MR) is 132 cm³/mol. The van der Waals surface area contributed by atoms with E-state index in [2.05, 4.69) is 15.6 Å². The Morgan fingerprint density at radius 2 is 1.67 bits per heavy atom. The summed E-state index contributed by atoms with van der Waals surface area (Å²) < 4.78 is 29.2. The number of fused-ring (bicyclic) bond motifs is 1. The summed E-state index contributed by atoms with van der Waals surface area (Å²) in [4.78, 5) is 17.2. The van der Waals surface area contributed by atoms with Crippen LogP contribution >= 0.6 is 11.8 Å². The quantitative estimate of drug-likeness (QED) is 0.563. The van der Waals surface area contributed by atoms with Crippen molar-refractivity contribution in [3.05, 3.63) is 84.4 Å². The van der Waals surface area contributed by atoms with Gasteiger partial charge in [-0.25, -0.2) is 8.42 Å². The van der Waals surface area contributed by atoms with Gasteiger partial charge in [-0.05, 0) is 54.6 Å². The Hall–Kier alpha value is -3.30. The lowest BCUT2D eigenvalue weighted by Gasteiger charge is -2.10. The van der Waals surface area contributed by atoms with Gasteiger partial charge in [0.25, 0.3) is 5.91 Å². The number of benzene rings is 3. The molecule has 1 saturated heterocycles. The molecule has 1 amide bonds. The number of nitrogens with one attached hydrogen (secondary N) is 2. The van der Waals surface area contributed by atoms with Gasteiger partial charge in [-0.2, -0.15) is 0 Å². The highest BCUT2D eigenvalue weighted by atomic mass is 32.2. The topological polar surface area (TPSA) is 96.9 Å². The van der Waals surface area contributed by atoms with Gasteiger partial charge >= 0.3 is 0 Å². The first-order valence-electron chi connectivity index (χ1n) is 10.4. The number of aliphatic imine (C=N–C) groups is 1. The smallest absolute Gasteiger partial charge is 0.255 e. The first-order chi connectivity index (χ1) is 15.9. The third kappa shape index (κ3) is 5.20. The van der Waals surface area contributed by atoms with E-state index in [0.717, 1.165) is 11.4 Å². The van der Waals surface area contributed by atoms with E-state index in [0.29, 0.717) is 22.2 Å². The number of anilines is 2. The summed E-state index contributed by atoms with van der Waals surface area (Å²) in [5.41, 5.74) is 1.88. The van der Waals surface area contributed by atoms with Crippen molar-refractivity contribution in [2.75, 3.05) is 22.1 Å². The van der Waals surface area contributed by atoms with E-state index in [4.69, 9.17) is 4.74 Å². The molecule has 0 bridgehead atoms. The lowest BCUT2D eigenvalue weighted by Crippen LogP contribution is -2.14. The molecule has 2 heterocycles. The molecule has 168 valence electrons. The van der Waals surface area contributed by atoms with Crippen molar-refractivity contribution in [1.29, 1.82) is 0 Å². The maximum Gasteiger partial charge on any atom is 0.255 e. The summed E-state index contributed by atoms with van der Waals surface area (Å²) >= 11 is 1.44. The normalized spacial score (nSPS) is 20.5. The average Bonchev–Trinajstić information content (AvgIpc) is 3.28. The standard InChI is InChI=1S/C24H21N3O4S2/c28-23(25-17-9-11-20(12-10-17)31-19-7-2-1-3-8-19)16-5-4-6-18(13-16)26-24-27-21-14-33(29,30)15-22(21)32-24/h1-13,21-22H,14-15H2,(H,25,28)(H,26,27). The van der Waals surface area contributed by atoms with Crippen LogP contribution in [0.25, 0.3) is 0 Å². The fourth-order valence-corrected chi connectivity index (χ4v) is 7.39. The Balaban J connectivity index is 1.21. The molecule has 5 rings (SSSR count). The molecule has 0 spiro atoms. The van der Waals surface area contributed by atoms with E-state index in [1.54, 1.807) is 42.5 Å². The molecular weight excluding hydrogens is 458 g/mol. The summed E-state index contributed by atoms with van der Waals surface area (Å²) in [6, 6.07) is 23.6. The van der Waals surface area contributed by atoms with Crippen LogP contribution in [-0.2, 0) is 9.84 Å². The van der Waals surface area contributed by atoms with Crippen molar-refractivity contribution in [2.45, 2.75) is 11.3 Å². The summed E-state index contributed by atoms with van der Waals surface area (Å²) in [7, 11) is -2.98. The van der Waals surface area contributed by atoms with Crippen molar-refractivity contribution < 1.29 is 17.9 Å². The van der Waals surface area contributed by atoms with Gasteiger partial charge in [0, 0.05) is 22.2 Å². The monoisotopic (exact) mass is 479 g/mol. The molecule has 0 aromatic heterocycles. The highest BCUT2D eigenvalue weighted by molar-refractivity contribution is 8.15. The Morgan fingerprint density at radius 1 is 0.909 bits per heavy atom. The number of carbonyl (C=O) groups is 1. The second-order valence-corrected chi connectivity index (χ2v) is 11.2. The number of nitrogens with zero attached hydrogens (tertiary/aromatic N) is 1. The molecule has 7 nitrogen and oxygen atoms in total. The van der Waals surface area contributed by atoms with Gasteiger partial charge in [0.1, 0.15) is 11.5 Å². The number of ether oxygens (including phenoxy) is 1. The molecule has 0 saturated carbocycles. The number of sulfone groups is 1. The summed E-state index contributed by atoms with van der Waals surface area (Å²) in [5.74, 6) is 1.45. The average molecular weight is 480 g/mol. The van der Waals surface area contributed by atoms with Gasteiger partial charge in [0.05, 0.1) is 17.5 Å². The van der Waals surface area contributed by atoms with E-state index in [9.17, 15) is 13.2 Å². The Morgan fingerprint density at radius 3 is 2.42 bits per heavy atom. The van der Waals surface area contributed by atoms with Crippen molar-refractivity contribution in [1.82, 2.24) is 0 Å². The van der Waals surface area contributed by atoms with Gasteiger partial charge in [0.15, 0.2) is 15.0 Å². The molecule has 2 aliphatic rings. The molecule has 3 aromatic rings. The lowest BCUT2D eigenvalue weighted by atomic mass is 10.2. The van der Waals surface area contributed by atoms with Gasteiger partial charge in [-0.15, -0.1) is 0 Å². The SMILES string of the molecule is O=C(Nc1ccc(Oc2ccccc2)cc1)c1cccc(NC2=NC3CS(=O)(=O)CC3S2)c1. The van der Waals surface area contributed by atoms with E-state index in [1.807, 2.05) is 36.4 Å². The predicted octanol–water partition coefficient (Wildman–Crippen LogP) is 4.41. The third-order valence-corrected chi connectivity index (χ3v) is 8.43. The van der Waals surface area contributed by atoms with Crippen LogP contribution in [-0.4, -0.2) is 42.3 Å². The zero-order valence-electron chi connectivity index (χ0n) is 17.5. The Kier molecular flexibility index (Phi) is 5.82. The minimum absolute atomic E-state index is 0.0298. The maximum atomic E-state index is 12.7. The summed E-state index contributed by atoms with van der Waals surface area (Å²) in [5, 5.41) is 6.75. The molecule has 2 N–H and O–H groups in total. The number of amidine groups is 1. The van der Waals surface area contributed by atoms with Crippen molar-refractivity contribution in [2.24, 2.45) is 4.99 Å². The van der Waals surface area contributed by atoms with Crippen LogP contribution in [0.15, 0.2) is 83.9 Å². The first-order valence-corrected chi connectivity index (χ1v) is 13.1. The fourth-order valence-electron chi connectivity index (χ4n) is 3.71. The van der Waals surface area contributed by atoms with Crippen LogP contribution in [0, 0.1) is 0 Å². The number of amides is 1. The molecule has 2 unspecified atom stereocenters. The van der Waals surface area contributed by atoms with E-state index < -0.39 is 9.84 Å². The first kappa shape index (κ1) is 21.5. The highest BCUT2D eigenvalue weighted by Crippen LogP contribution is 2.34. The molecule has 3 aromatic carbocycles. The van der Waals surface area contributed by atoms with E-state index in [1.165, 1.54) is 11.8 Å². The Bertz CT molecular complexity index is 1310. The summed E-state index contributed by atoms with van der Waals surface area (Å²) in [6.07, 6.45) is 0. The third-order valence-electron chi connectivity index (χ3n) is 5.29. The zero-order valence-corrected chi connectivity index (χ0v) is 19.1. The fraction of sp³-hybridized carbons (Fsp3) is 0.167. The summed E-state index contributed by atoms with van der Waals surface area (Å²) in [6.45, 7) is 0. The van der Waals surface area contributed by atoms with Crippen molar-refractivity contribution in [3.8, 4) is 11.5 Å². The molecule has 9 heteroatoms. The van der Waals surface area contributed by atoms with Crippen LogP contribution in [0.4, 0.5) is 11.4 Å². The minimum Gasteiger partial charge on any atom is -0.457 e. The molecular formula is C24H21N3O4S2. The molecule has 2 aliphatic heterocycles. The van der Waals surface area contributed by atoms with Crippen molar-refractivity contribution in [3.63, 3.8) is 0 Å². The number of thioether (sulfide) groups is 1. The van der Waals surface area contributed by atoms with Gasteiger partial charge < -0.3 is 15.4 Å². The van der Waals surface area contributed by atoms with Crippen LogP contribution in [0.3, 0.4) is 0 Å². The largest absolute Gasteiger partial charge is 0.457 e. The molecule has 2 atom stereocenters. The Labute approximate surface area is 196 Å². The number of carbonyl (C=O) groups excluding carboxylic acids is 1. The second-order valence-electron chi connectivity index (χ2n) is 7.83. The van der Waals surface area contributed by atoms with Gasteiger partial charge in [0.2, 0.25) is 0 Å². The number of para-hydroxylation sites is 1. The highest BCUT2D eigenvalue weighted by Gasteiger charge is 2.42. The van der Waals surface area contributed by atoms with E-state index >= 15 is 0 Å². The molecule has 0 aliphatic carbocycles. The number of hydrogen-bond acceptors (Lipinski definition) is 7. The van der Waals surface area contributed by atoms with Gasteiger partial charge in [-0.3, -0.25) is 9.79 Å². The van der Waals surface area contributed by atoms with Crippen LogP contribution in [0.1, 0.15) is 10.4 Å². The minimum atomic E-state index is -2.98. The van der Waals surface area contributed by atoms with Crippen LogP contribution < -0.4 is 15.4 Å². The zero-order chi connectivity index (χ0) is 22.8. The van der Waals surface area contributed by atoms with Crippen LogP contribution in [0.2, 0.25) is 0 Å². The maximum absolute atomic E-state index is 12.7. The van der Waals surface area contributed by atoms with Crippen molar-refractivity contribution >= 4 is 44.0 Å². The van der Waals surface area contributed by atoms with E-state index in [-0.39, 0.29) is 28.7 Å². The number of hydrogen-bond donors (Lipinski definition) is 2. The molecule has 33 heavy (non-hydrogen) atoms. The molecule has 0 radical (unpaired) electrons. The van der Waals surface area contributed by atoms with Gasteiger partial charge in [-0.1, -0.05) is 36.0 Å². The number of rotatable bonds is 5. The molecule has 1 fully saturated rings. The lowest BCUT2D eigenvalue weighted by molar-refractivity contribution is 0.102. The second kappa shape index (κ2) is 8.92.